The van der Waals surface area contributed by atoms with E-state index in [9.17, 15) is 4.79 Å². The maximum absolute atomic E-state index is 12.4. The number of amides is 1. The third kappa shape index (κ3) is 3.49. The topological polar surface area (TPSA) is 46.9 Å². The lowest BCUT2D eigenvalue weighted by molar-refractivity contribution is 0.0940. The van der Waals surface area contributed by atoms with Gasteiger partial charge in [-0.25, -0.2) is 4.68 Å². The quantitative estimate of drug-likeness (QED) is 0.769. The summed E-state index contributed by atoms with van der Waals surface area (Å²) in [5.74, 6) is -0.119. The number of carbonyl (C=O) groups excluding carboxylic acids is 1. The zero-order chi connectivity index (χ0) is 17.1. The highest BCUT2D eigenvalue weighted by atomic mass is 35.5. The molecule has 2 aromatic carbocycles. The van der Waals surface area contributed by atoms with Gasteiger partial charge in [-0.05, 0) is 61.9 Å². The molecule has 0 aliphatic heterocycles. The molecule has 0 aliphatic carbocycles. The first-order valence-electron chi connectivity index (χ1n) is 7.72. The summed E-state index contributed by atoms with van der Waals surface area (Å²) in [5.41, 5.74) is 3.55. The van der Waals surface area contributed by atoms with E-state index in [2.05, 4.69) is 10.4 Å². The van der Waals surface area contributed by atoms with Crippen molar-refractivity contribution in [3.63, 3.8) is 0 Å². The lowest BCUT2D eigenvalue weighted by Crippen LogP contribution is -2.26. The Morgan fingerprint density at radius 1 is 1.17 bits per heavy atom. The van der Waals surface area contributed by atoms with Gasteiger partial charge in [-0.15, -0.1) is 0 Å². The predicted molar refractivity (Wildman–Crippen MR) is 95.6 cm³/mol. The predicted octanol–water partition coefficient (Wildman–Crippen LogP) is 4.33. The smallest absolute Gasteiger partial charge is 0.251 e. The summed E-state index contributed by atoms with van der Waals surface area (Å²) in [4.78, 5) is 12.4. The van der Waals surface area contributed by atoms with E-state index in [0.717, 1.165) is 16.9 Å². The van der Waals surface area contributed by atoms with E-state index in [0.29, 0.717) is 10.6 Å². The van der Waals surface area contributed by atoms with Gasteiger partial charge >= 0.3 is 0 Å². The van der Waals surface area contributed by atoms with Crippen LogP contribution < -0.4 is 5.32 Å². The van der Waals surface area contributed by atoms with Gasteiger partial charge in [0.1, 0.15) is 0 Å². The van der Waals surface area contributed by atoms with Crippen LogP contribution in [0.1, 0.15) is 34.6 Å². The average Bonchev–Trinajstić information content (AvgIpc) is 3.01. The van der Waals surface area contributed by atoms with Crippen LogP contribution in [0.3, 0.4) is 0 Å². The molecule has 1 N–H and O–H groups in total. The minimum atomic E-state index is -0.121. The molecule has 0 aliphatic rings. The Bertz CT molecular complexity index is 855. The maximum Gasteiger partial charge on any atom is 0.251 e. The van der Waals surface area contributed by atoms with Crippen molar-refractivity contribution in [2.75, 3.05) is 0 Å². The lowest BCUT2D eigenvalue weighted by Gasteiger charge is -2.15. The molecular formula is C19H18ClN3O. The molecule has 1 amide bonds. The largest absolute Gasteiger partial charge is 0.346 e. The van der Waals surface area contributed by atoms with Gasteiger partial charge in [-0.1, -0.05) is 23.7 Å². The highest BCUT2D eigenvalue weighted by Gasteiger charge is 2.12. The lowest BCUT2D eigenvalue weighted by atomic mass is 10.1. The number of nitrogens with one attached hydrogen (secondary N) is 1. The van der Waals surface area contributed by atoms with Crippen molar-refractivity contribution in [3.05, 3.63) is 82.6 Å². The minimum absolute atomic E-state index is 0.119. The fraction of sp³-hybridized carbons (Fsp3) is 0.158. The molecule has 0 fully saturated rings. The number of rotatable bonds is 4. The summed E-state index contributed by atoms with van der Waals surface area (Å²) in [5, 5.41) is 7.91. The molecule has 4 nitrogen and oxygen atoms in total. The Morgan fingerprint density at radius 3 is 2.54 bits per heavy atom. The Balaban J connectivity index is 1.72. The Morgan fingerprint density at radius 2 is 1.92 bits per heavy atom. The highest BCUT2D eigenvalue weighted by Crippen LogP contribution is 2.18. The summed E-state index contributed by atoms with van der Waals surface area (Å²) in [6.45, 7) is 3.92. The third-order valence-electron chi connectivity index (χ3n) is 3.90. The van der Waals surface area contributed by atoms with E-state index in [1.807, 2.05) is 61.0 Å². The van der Waals surface area contributed by atoms with Crippen molar-refractivity contribution in [2.24, 2.45) is 0 Å². The van der Waals surface area contributed by atoms with E-state index >= 15 is 0 Å². The molecule has 1 atom stereocenters. The second kappa shape index (κ2) is 6.89. The normalized spacial score (nSPS) is 12.0. The second-order valence-corrected chi connectivity index (χ2v) is 6.12. The second-order valence-electron chi connectivity index (χ2n) is 5.68. The number of nitrogens with zero attached hydrogens (tertiary/aromatic N) is 2. The van der Waals surface area contributed by atoms with Gasteiger partial charge in [0, 0.05) is 22.5 Å². The molecule has 1 aromatic heterocycles. The van der Waals surface area contributed by atoms with Crippen molar-refractivity contribution >= 4 is 17.5 Å². The van der Waals surface area contributed by atoms with Crippen LogP contribution in [0.4, 0.5) is 0 Å². The van der Waals surface area contributed by atoms with Crippen LogP contribution in [0, 0.1) is 6.92 Å². The summed E-state index contributed by atoms with van der Waals surface area (Å²) in [6, 6.07) is 16.7. The van der Waals surface area contributed by atoms with Crippen LogP contribution in [0.25, 0.3) is 5.69 Å². The summed E-state index contributed by atoms with van der Waals surface area (Å²) >= 11 is 6.00. The third-order valence-corrected chi connectivity index (χ3v) is 4.14. The van der Waals surface area contributed by atoms with Crippen LogP contribution in [-0.4, -0.2) is 15.7 Å². The summed E-state index contributed by atoms with van der Waals surface area (Å²) in [7, 11) is 0. The van der Waals surface area contributed by atoms with E-state index in [-0.39, 0.29) is 11.9 Å². The van der Waals surface area contributed by atoms with Gasteiger partial charge in [0.2, 0.25) is 0 Å². The van der Waals surface area contributed by atoms with E-state index in [1.54, 1.807) is 18.3 Å². The maximum atomic E-state index is 12.4. The first-order valence-corrected chi connectivity index (χ1v) is 8.10. The zero-order valence-electron chi connectivity index (χ0n) is 13.5. The summed E-state index contributed by atoms with van der Waals surface area (Å²) in [6.07, 6.45) is 1.75. The van der Waals surface area contributed by atoms with Crippen molar-refractivity contribution in [3.8, 4) is 5.69 Å². The number of aromatic nitrogens is 2. The van der Waals surface area contributed by atoms with Gasteiger partial charge in [0.15, 0.2) is 0 Å². The number of carbonyl (C=O) groups is 1. The van der Waals surface area contributed by atoms with E-state index in [1.165, 1.54) is 0 Å². The first-order chi connectivity index (χ1) is 11.5. The van der Waals surface area contributed by atoms with E-state index in [4.69, 9.17) is 11.6 Å². The van der Waals surface area contributed by atoms with Gasteiger partial charge < -0.3 is 5.32 Å². The van der Waals surface area contributed by atoms with Gasteiger partial charge in [0.25, 0.3) is 5.91 Å². The monoisotopic (exact) mass is 339 g/mol. The molecule has 122 valence electrons. The SMILES string of the molecule is Cc1ccnn1-c1ccc(C(=O)N[C@H](C)c2cccc(Cl)c2)cc1. The Hall–Kier alpha value is -2.59. The Kier molecular flexibility index (Phi) is 4.67. The average molecular weight is 340 g/mol. The molecule has 0 radical (unpaired) electrons. The number of hydrogen-bond donors (Lipinski definition) is 1. The van der Waals surface area contributed by atoms with Crippen molar-refractivity contribution < 1.29 is 4.79 Å². The van der Waals surface area contributed by atoms with Crippen LogP contribution in [0.5, 0.6) is 0 Å². The van der Waals surface area contributed by atoms with Gasteiger partial charge in [0.05, 0.1) is 11.7 Å². The molecule has 0 unspecified atom stereocenters. The standard InChI is InChI=1S/C19H18ClN3O/c1-13-10-11-21-23(13)18-8-6-15(7-9-18)19(24)22-14(2)16-4-3-5-17(20)12-16/h3-12,14H,1-2H3,(H,22,24)/t14-/m1/s1. The Labute approximate surface area is 146 Å². The molecule has 3 rings (SSSR count). The van der Waals surface area contributed by atoms with Gasteiger partial charge in [-0.2, -0.15) is 5.10 Å². The van der Waals surface area contributed by atoms with Crippen LogP contribution >= 0.6 is 11.6 Å². The summed E-state index contributed by atoms with van der Waals surface area (Å²) < 4.78 is 1.83. The molecule has 0 saturated carbocycles. The number of halogens is 1. The molecule has 0 saturated heterocycles. The van der Waals surface area contributed by atoms with Crippen LogP contribution in [0.15, 0.2) is 60.8 Å². The molecule has 0 spiro atoms. The highest BCUT2D eigenvalue weighted by molar-refractivity contribution is 6.30. The molecule has 0 bridgehead atoms. The first kappa shape index (κ1) is 16.3. The van der Waals surface area contributed by atoms with Crippen molar-refractivity contribution in [2.45, 2.75) is 19.9 Å². The fourth-order valence-corrected chi connectivity index (χ4v) is 2.73. The number of hydrogen-bond acceptors (Lipinski definition) is 2. The molecule has 3 aromatic rings. The van der Waals surface area contributed by atoms with Crippen LogP contribution in [-0.2, 0) is 0 Å². The molecule has 5 heteroatoms. The van der Waals surface area contributed by atoms with Gasteiger partial charge in [-0.3, -0.25) is 4.79 Å². The fourth-order valence-electron chi connectivity index (χ4n) is 2.53. The number of aryl methyl sites for hydroxylation is 1. The minimum Gasteiger partial charge on any atom is -0.346 e. The molecule has 1 heterocycles. The zero-order valence-corrected chi connectivity index (χ0v) is 14.3. The van der Waals surface area contributed by atoms with Crippen molar-refractivity contribution in [1.82, 2.24) is 15.1 Å². The van der Waals surface area contributed by atoms with Crippen molar-refractivity contribution in [1.29, 1.82) is 0 Å². The molecule has 24 heavy (non-hydrogen) atoms. The van der Waals surface area contributed by atoms with E-state index < -0.39 is 0 Å². The molecular weight excluding hydrogens is 322 g/mol. The van der Waals surface area contributed by atoms with Crippen LogP contribution in [0.2, 0.25) is 5.02 Å². The number of benzene rings is 2.